The highest BCUT2D eigenvalue weighted by atomic mass is 79.9. The summed E-state index contributed by atoms with van der Waals surface area (Å²) in [4.78, 5) is 2.26. The van der Waals surface area contributed by atoms with Crippen LogP contribution in [0.15, 0.2) is 28.2 Å². The minimum Gasteiger partial charge on any atom is -0.489 e. The Morgan fingerprint density at radius 2 is 2.21 bits per heavy atom. The van der Waals surface area contributed by atoms with Crippen molar-refractivity contribution in [2.75, 3.05) is 32.8 Å². The summed E-state index contributed by atoms with van der Waals surface area (Å²) in [6.45, 7) is 5.58. The lowest BCUT2D eigenvalue weighted by atomic mass is 10.1. The number of aliphatic hydroxyl groups excluding tert-OH is 1. The van der Waals surface area contributed by atoms with Crippen molar-refractivity contribution < 1.29 is 9.84 Å². The summed E-state index contributed by atoms with van der Waals surface area (Å²) in [5.41, 5.74) is 2.38. The first-order chi connectivity index (χ1) is 9.22. The summed E-state index contributed by atoms with van der Waals surface area (Å²) in [6.07, 6.45) is 3.29. The zero-order chi connectivity index (χ0) is 13.7. The number of aliphatic hydroxyl groups is 1. The zero-order valence-corrected chi connectivity index (χ0v) is 12.8. The molecule has 2 rings (SSSR count). The van der Waals surface area contributed by atoms with Gasteiger partial charge in [0.1, 0.15) is 12.4 Å². The molecule has 1 N–H and O–H groups in total. The molecule has 0 bridgehead atoms. The molecule has 1 aromatic carbocycles. The second kappa shape index (κ2) is 7.08. The molecule has 0 aromatic heterocycles. The van der Waals surface area contributed by atoms with Crippen LogP contribution in [-0.2, 0) is 0 Å². The molecule has 0 amide bonds. The maximum atomic E-state index is 9.09. The standard InChI is InChI=1S/C15H20BrNO2/c1-2-5-17(6-7-18)10-12-8-13-9-14(16)3-4-15(13)19-11-12/h3-4,8-9,18H,2,5-7,10-11H2,1H3. The number of benzene rings is 1. The van der Waals surface area contributed by atoms with Gasteiger partial charge in [-0.25, -0.2) is 0 Å². The Morgan fingerprint density at radius 3 is 2.95 bits per heavy atom. The van der Waals surface area contributed by atoms with Gasteiger partial charge in [0.05, 0.1) is 6.61 Å². The molecule has 0 aliphatic carbocycles. The highest BCUT2D eigenvalue weighted by molar-refractivity contribution is 9.10. The average Bonchev–Trinajstić information content (AvgIpc) is 2.39. The van der Waals surface area contributed by atoms with E-state index in [0.29, 0.717) is 6.61 Å². The van der Waals surface area contributed by atoms with Crippen molar-refractivity contribution >= 4 is 22.0 Å². The van der Waals surface area contributed by atoms with Crippen LogP contribution in [0.25, 0.3) is 6.08 Å². The fraction of sp³-hybridized carbons (Fsp3) is 0.467. The van der Waals surface area contributed by atoms with Gasteiger partial charge >= 0.3 is 0 Å². The molecule has 0 spiro atoms. The molecule has 0 saturated heterocycles. The Bertz CT molecular complexity index is 453. The van der Waals surface area contributed by atoms with E-state index in [1.807, 2.05) is 12.1 Å². The van der Waals surface area contributed by atoms with Gasteiger partial charge in [-0.3, -0.25) is 4.90 Å². The Balaban J connectivity index is 2.09. The number of nitrogens with zero attached hydrogens (tertiary/aromatic N) is 1. The van der Waals surface area contributed by atoms with E-state index in [-0.39, 0.29) is 6.61 Å². The van der Waals surface area contributed by atoms with Crippen LogP contribution in [0.4, 0.5) is 0 Å². The molecule has 0 saturated carbocycles. The lowest BCUT2D eigenvalue weighted by molar-refractivity contribution is 0.201. The fourth-order valence-corrected chi connectivity index (χ4v) is 2.68. The van der Waals surface area contributed by atoms with E-state index in [9.17, 15) is 0 Å². The third-order valence-electron chi connectivity index (χ3n) is 3.13. The Hall–Kier alpha value is -0.840. The topological polar surface area (TPSA) is 32.7 Å². The summed E-state index contributed by atoms with van der Waals surface area (Å²) >= 11 is 3.48. The maximum Gasteiger partial charge on any atom is 0.127 e. The van der Waals surface area contributed by atoms with E-state index >= 15 is 0 Å². The molecule has 1 aromatic rings. The molecular formula is C15H20BrNO2. The Kier molecular flexibility index (Phi) is 5.43. The summed E-state index contributed by atoms with van der Waals surface area (Å²) in [6, 6.07) is 6.06. The molecule has 19 heavy (non-hydrogen) atoms. The van der Waals surface area contributed by atoms with Crippen LogP contribution in [0.3, 0.4) is 0 Å². The van der Waals surface area contributed by atoms with E-state index in [2.05, 4.69) is 39.9 Å². The molecule has 4 heteroatoms. The van der Waals surface area contributed by atoms with E-state index in [1.54, 1.807) is 0 Å². The first-order valence-electron chi connectivity index (χ1n) is 6.68. The van der Waals surface area contributed by atoms with E-state index in [0.717, 1.165) is 41.8 Å². The Morgan fingerprint density at radius 1 is 1.37 bits per heavy atom. The molecule has 0 unspecified atom stereocenters. The third-order valence-corrected chi connectivity index (χ3v) is 3.62. The monoisotopic (exact) mass is 325 g/mol. The van der Waals surface area contributed by atoms with Crippen molar-refractivity contribution in [1.82, 2.24) is 4.90 Å². The number of ether oxygens (including phenoxy) is 1. The highest BCUT2D eigenvalue weighted by Gasteiger charge is 2.14. The van der Waals surface area contributed by atoms with Crippen LogP contribution in [0.2, 0.25) is 0 Å². The number of fused-ring (bicyclic) bond motifs is 1. The van der Waals surface area contributed by atoms with Crippen molar-refractivity contribution in [3.05, 3.63) is 33.8 Å². The molecule has 1 aliphatic heterocycles. The molecule has 104 valence electrons. The zero-order valence-electron chi connectivity index (χ0n) is 11.2. The molecular weight excluding hydrogens is 306 g/mol. The van der Waals surface area contributed by atoms with Crippen molar-refractivity contribution in [2.45, 2.75) is 13.3 Å². The van der Waals surface area contributed by atoms with Gasteiger partial charge in [-0.2, -0.15) is 0 Å². The third kappa shape index (κ3) is 4.06. The average molecular weight is 326 g/mol. The van der Waals surface area contributed by atoms with Gasteiger partial charge in [-0.15, -0.1) is 0 Å². The fourth-order valence-electron chi connectivity index (χ4n) is 2.30. The van der Waals surface area contributed by atoms with Gasteiger partial charge in [0.15, 0.2) is 0 Å². The molecule has 0 fully saturated rings. The predicted octanol–water partition coefficient (Wildman–Crippen LogP) is 2.93. The Labute approximate surface area is 123 Å². The lowest BCUT2D eigenvalue weighted by Crippen LogP contribution is -2.31. The lowest BCUT2D eigenvalue weighted by Gasteiger charge is -2.25. The van der Waals surface area contributed by atoms with E-state index in [4.69, 9.17) is 9.84 Å². The second-order valence-corrected chi connectivity index (χ2v) is 5.69. The van der Waals surface area contributed by atoms with E-state index in [1.165, 1.54) is 5.57 Å². The normalized spacial score (nSPS) is 14.0. The molecule has 0 radical (unpaired) electrons. The molecule has 1 heterocycles. The SMILES string of the molecule is CCCN(CCO)CC1=Cc2cc(Br)ccc2OC1. The quantitative estimate of drug-likeness (QED) is 0.872. The second-order valence-electron chi connectivity index (χ2n) is 4.77. The van der Waals surface area contributed by atoms with Crippen LogP contribution in [0.1, 0.15) is 18.9 Å². The first-order valence-corrected chi connectivity index (χ1v) is 7.47. The van der Waals surface area contributed by atoms with Crippen LogP contribution in [0.5, 0.6) is 5.75 Å². The number of halogens is 1. The smallest absolute Gasteiger partial charge is 0.127 e. The summed E-state index contributed by atoms with van der Waals surface area (Å²) in [5, 5.41) is 9.09. The summed E-state index contributed by atoms with van der Waals surface area (Å²) in [7, 11) is 0. The van der Waals surface area contributed by atoms with Crippen LogP contribution >= 0.6 is 15.9 Å². The van der Waals surface area contributed by atoms with Gasteiger partial charge in [-0.05, 0) is 42.8 Å². The van der Waals surface area contributed by atoms with Crippen molar-refractivity contribution in [2.24, 2.45) is 0 Å². The molecule has 3 nitrogen and oxygen atoms in total. The molecule has 0 atom stereocenters. The van der Waals surface area contributed by atoms with Gasteiger partial charge in [0, 0.05) is 23.1 Å². The van der Waals surface area contributed by atoms with Crippen LogP contribution in [0, 0.1) is 0 Å². The van der Waals surface area contributed by atoms with E-state index < -0.39 is 0 Å². The summed E-state index contributed by atoms with van der Waals surface area (Å²) < 4.78 is 6.83. The van der Waals surface area contributed by atoms with Crippen LogP contribution < -0.4 is 4.74 Å². The first kappa shape index (κ1) is 14.6. The number of rotatable bonds is 6. The largest absolute Gasteiger partial charge is 0.489 e. The maximum absolute atomic E-state index is 9.09. The number of hydrogen-bond acceptors (Lipinski definition) is 3. The summed E-state index contributed by atoms with van der Waals surface area (Å²) in [5.74, 6) is 0.941. The number of hydrogen-bond donors (Lipinski definition) is 1. The minimum atomic E-state index is 0.205. The van der Waals surface area contributed by atoms with Gasteiger partial charge in [0.25, 0.3) is 0 Å². The molecule has 1 aliphatic rings. The highest BCUT2D eigenvalue weighted by Crippen LogP contribution is 2.29. The van der Waals surface area contributed by atoms with Crippen molar-refractivity contribution in [3.63, 3.8) is 0 Å². The van der Waals surface area contributed by atoms with Crippen molar-refractivity contribution in [3.8, 4) is 5.75 Å². The van der Waals surface area contributed by atoms with Gasteiger partial charge in [0.2, 0.25) is 0 Å². The van der Waals surface area contributed by atoms with Crippen LogP contribution in [-0.4, -0.2) is 42.9 Å². The van der Waals surface area contributed by atoms with Crippen molar-refractivity contribution in [1.29, 1.82) is 0 Å². The van der Waals surface area contributed by atoms with Gasteiger partial charge in [-0.1, -0.05) is 22.9 Å². The minimum absolute atomic E-state index is 0.205. The van der Waals surface area contributed by atoms with Gasteiger partial charge < -0.3 is 9.84 Å². The predicted molar refractivity (Wildman–Crippen MR) is 81.4 cm³/mol.